The summed E-state index contributed by atoms with van der Waals surface area (Å²) in [5.41, 5.74) is 6.75. The predicted molar refractivity (Wildman–Crippen MR) is 87.8 cm³/mol. The highest BCUT2D eigenvalue weighted by molar-refractivity contribution is 5.90. The van der Waals surface area contributed by atoms with Gasteiger partial charge in [0.05, 0.1) is 24.0 Å². The number of nitrogens with two attached hydrogens (primary N) is 1. The molecule has 2 atom stereocenters. The van der Waals surface area contributed by atoms with Crippen molar-refractivity contribution in [1.29, 1.82) is 0 Å². The molecular weight excluding hydrogens is 324 g/mol. The average Bonchev–Trinajstić information content (AvgIpc) is 3.00. The number of carbonyl (C=O) groups is 2. The standard InChI is InChI=1S/C17H18N4O4/c18-16(23)15-6-19-11(5-20-15)7-21-8-13(14(9-21)17(24)25)10-1-3-12(22)4-2-10/h1-6,13-14,22H,7-9H2,(H2,18,23)(H,24,25)/t13-,14+/m1/s1. The van der Waals surface area contributed by atoms with Crippen LogP contribution in [0.1, 0.15) is 27.7 Å². The third-order valence-electron chi connectivity index (χ3n) is 4.38. The molecule has 1 aliphatic rings. The van der Waals surface area contributed by atoms with Crippen LogP contribution in [0.3, 0.4) is 0 Å². The molecule has 1 aliphatic heterocycles. The van der Waals surface area contributed by atoms with Crippen LogP contribution in [0, 0.1) is 5.92 Å². The van der Waals surface area contributed by atoms with E-state index >= 15 is 0 Å². The van der Waals surface area contributed by atoms with Crippen LogP contribution in [0.4, 0.5) is 0 Å². The number of phenolic OH excluding ortho intramolecular Hbond substituents is 1. The molecule has 1 aromatic heterocycles. The zero-order chi connectivity index (χ0) is 18.0. The van der Waals surface area contributed by atoms with Crippen molar-refractivity contribution >= 4 is 11.9 Å². The van der Waals surface area contributed by atoms with Crippen molar-refractivity contribution < 1.29 is 19.8 Å². The van der Waals surface area contributed by atoms with E-state index in [9.17, 15) is 19.8 Å². The van der Waals surface area contributed by atoms with Crippen molar-refractivity contribution in [3.8, 4) is 5.75 Å². The Hall–Kier alpha value is -3.00. The molecule has 0 spiro atoms. The summed E-state index contributed by atoms with van der Waals surface area (Å²) in [6.45, 7) is 1.38. The molecule has 8 heteroatoms. The number of primary amides is 1. The minimum Gasteiger partial charge on any atom is -0.508 e. The van der Waals surface area contributed by atoms with Crippen LogP contribution in [0.2, 0.25) is 0 Å². The van der Waals surface area contributed by atoms with Crippen molar-refractivity contribution in [2.24, 2.45) is 11.7 Å². The summed E-state index contributed by atoms with van der Waals surface area (Å²) >= 11 is 0. The van der Waals surface area contributed by atoms with E-state index in [1.807, 2.05) is 4.90 Å². The molecule has 8 nitrogen and oxygen atoms in total. The Morgan fingerprint density at radius 2 is 1.88 bits per heavy atom. The molecule has 1 saturated heterocycles. The van der Waals surface area contributed by atoms with Gasteiger partial charge in [0.15, 0.2) is 0 Å². The monoisotopic (exact) mass is 342 g/mol. The lowest BCUT2D eigenvalue weighted by atomic mass is 9.89. The minimum absolute atomic E-state index is 0.0931. The Kier molecular flexibility index (Phi) is 4.62. The second-order valence-electron chi connectivity index (χ2n) is 6.09. The summed E-state index contributed by atoms with van der Waals surface area (Å²) in [6.07, 6.45) is 2.80. The lowest BCUT2D eigenvalue weighted by molar-refractivity contribution is -0.141. The normalized spacial score (nSPS) is 20.5. The number of carbonyl (C=O) groups excluding carboxylic acids is 1. The number of benzene rings is 1. The van der Waals surface area contributed by atoms with E-state index in [0.717, 1.165) is 5.56 Å². The number of likely N-dealkylation sites (tertiary alicyclic amines) is 1. The fraction of sp³-hybridized carbons (Fsp3) is 0.294. The number of amides is 1. The summed E-state index contributed by atoms with van der Waals surface area (Å²) < 4.78 is 0. The van der Waals surface area contributed by atoms with E-state index in [1.54, 1.807) is 24.3 Å². The zero-order valence-corrected chi connectivity index (χ0v) is 13.4. The molecule has 1 amide bonds. The first-order valence-electron chi connectivity index (χ1n) is 7.79. The molecule has 0 radical (unpaired) electrons. The van der Waals surface area contributed by atoms with E-state index in [4.69, 9.17) is 5.73 Å². The quantitative estimate of drug-likeness (QED) is 0.724. The number of aromatic hydroxyl groups is 1. The molecule has 2 aromatic rings. The second kappa shape index (κ2) is 6.86. The van der Waals surface area contributed by atoms with Gasteiger partial charge in [0.2, 0.25) is 0 Å². The minimum atomic E-state index is -0.851. The van der Waals surface area contributed by atoms with Crippen molar-refractivity contribution in [3.05, 3.63) is 53.6 Å². The largest absolute Gasteiger partial charge is 0.508 e. The topological polar surface area (TPSA) is 130 Å². The van der Waals surface area contributed by atoms with Crippen LogP contribution in [-0.4, -0.2) is 50.0 Å². The summed E-state index contributed by atoms with van der Waals surface area (Å²) in [6, 6.07) is 6.62. The fourth-order valence-electron chi connectivity index (χ4n) is 3.12. The lowest BCUT2D eigenvalue weighted by Crippen LogP contribution is -2.24. The molecule has 0 unspecified atom stereocenters. The van der Waals surface area contributed by atoms with E-state index < -0.39 is 17.8 Å². The lowest BCUT2D eigenvalue weighted by Gasteiger charge is -2.16. The van der Waals surface area contributed by atoms with Crippen molar-refractivity contribution in [2.45, 2.75) is 12.5 Å². The molecule has 1 aromatic carbocycles. The zero-order valence-electron chi connectivity index (χ0n) is 13.4. The number of rotatable bonds is 5. The number of aliphatic carboxylic acids is 1. The summed E-state index contributed by atoms with van der Waals surface area (Å²) in [7, 11) is 0. The van der Waals surface area contributed by atoms with Gasteiger partial charge in [-0.05, 0) is 17.7 Å². The van der Waals surface area contributed by atoms with Gasteiger partial charge in [-0.15, -0.1) is 0 Å². The number of aromatic nitrogens is 2. The maximum atomic E-state index is 11.6. The average molecular weight is 342 g/mol. The number of phenols is 1. The Labute approximate surface area is 143 Å². The molecule has 0 aliphatic carbocycles. The molecule has 25 heavy (non-hydrogen) atoms. The summed E-state index contributed by atoms with van der Waals surface area (Å²) in [5, 5.41) is 18.9. The van der Waals surface area contributed by atoms with Crippen molar-refractivity contribution in [1.82, 2.24) is 14.9 Å². The van der Waals surface area contributed by atoms with Crippen molar-refractivity contribution in [3.63, 3.8) is 0 Å². The molecule has 4 N–H and O–H groups in total. The predicted octanol–water partition coefficient (Wildman–Crippen LogP) is 0.581. The van der Waals surface area contributed by atoms with Gasteiger partial charge < -0.3 is 15.9 Å². The van der Waals surface area contributed by atoms with Gasteiger partial charge in [-0.1, -0.05) is 12.1 Å². The molecule has 0 bridgehead atoms. The maximum Gasteiger partial charge on any atom is 0.308 e. The molecule has 2 heterocycles. The maximum absolute atomic E-state index is 11.6. The highest BCUT2D eigenvalue weighted by atomic mass is 16.4. The first-order chi connectivity index (χ1) is 11.9. The molecular formula is C17H18N4O4. The van der Waals surface area contributed by atoms with Crippen LogP contribution < -0.4 is 5.73 Å². The van der Waals surface area contributed by atoms with Gasteiger partial charge in [0, 0.05) is 25.6 Å². The Morgan fingerprint density at radius 3 is 2.44 bits per heavy atom. The smallest absolute Gasteiger partial charge is 0.308 e. The number of carboxylic acids is 1. The Morgan fingerprint density at radius 1 is 1.16 bits per heavy atom. The van der Waals surface area contributed by atoms with Crippen LogP contribution in [0.25, 0.3) is 0 Å². The molecule has 0 saturated carbocycles. The van der Waals surface area contributed by atoms with Crippen LogP contribution in [-0.2, 0) is 11.3 Å². The molecule has 1 fully saturated rings. The van der Waals surface area contributed by atoms with Gasteiger partial charge >= 0.3 is 5.97 Å². The van der Waals surface area contributed by atoms with Gasteiger partial charge in [-0.2, -0.15) is 0 Å². The van der Waals surface area contributed by atoms with E-state index in [-0.39, 0.29) is 17.4 Å². The van der Waals surface area contributed by atoms with Gasteiger partial charge in [0.25, 0.3) is 5.91 Å². The number of carboxylic acid groups (broad SMARTS) is 1. The van der Waals surface area contributed by atoms with Gasteiger partial charge in [0.1, 0.15) is 11.4 Å². The first-order valence-corrected chi connectivity index (χ1v) is 7.79. The van der Waals surface area contributed by atoms with Crippen LogP contribution >= 0.6 is 0 Å². The highest BCUT2D eigenvalue weighted by Gasteiger charge is 2.38. The summed E-state index contributed by atoms with van der Waals surface area (Å²) in [4.78, 5) is 32.7. The summed E-state index contributed by atoms with van der Waals surface area (Å²) in [5.74, 6) is -2.05. The van der Waals surface area contributed by atoms with Gasteiger partial charge in [-0.3, -0.25) is 19.5 Å². The van der Waals surface area contributed by atoms with Crippen LogP contribution in [0.5, 0.6) is 5.75 Å². The van der Waals surface area contributed by atoms with Crippen LogP contribution in [0.15, 0.2) is 36.7 Å². The third-order valence-corrected chi connectivity index (χ3v) is 4.38. The molecule has 130 valence electrons. The number of hydrogen-bond donors (Lipinski definition) is 3. The van der Waals surface area contributed by atoms with Crippen molar-refractivity contribution in [2.75, 3.05) is 13.1 Å². The van der Waals surface area contributed by atoms with E-state index in [0.29, 0.717) is 25.3 Å². The number of nitrogens with zero attached hydrogens (tertiary/aromatic N) is 3. The van der Waals surface area contributed by atoms with E-state index in [1.165, 1.54) is 12.4 Å². The Balaban J connectivity index is 1.74. The Bertz CT molecular complexity index is 776. The van der Waals surface area contributed by atoms with Gasteiger partial charge in [-0.25, -0.2) is 4.98 Å². The fourth-order valence-corrected chi connectivity index (χ4v) is 3.12. The first kappa shape index (κ1) is 16.8. The third kappa shape index (κ3) is 3.74. The van der Waals surface area contributed by atoms with E-state index in [2.05, 4.69) is 9.97 Å². The second-order valence-corrected chi connectivity index (χ2v) is 6.09. The molecule has 3 rings (SSSR count). The SMILES string of the molecule is NC(=O)c1cnc(CN2C[C@H](C(=O)O)[C@@H](c3ccc(O)cc3)C2)cn1. The highest BCUT2D eigenvalue weighted by Crippen LogP contribution is 2.34. The number of hydrogen-bond acceptors (Lipinski definition) is 6.